The van der Waals surface area contributed by atoms with Crippen LogP contribution >= 0.6 is 0 Å². The van der Waals surface area contributed by atoms with Crippen LogP contribution in [0.1, 0.15) is 27.2 Å². The summed E-state index contributed by atoms with van der Waals surface area (Å²) < 4.78 is 10.5. The van der Waals surface area contributed by atoms with Crippen molar-refractivity contribution in [3.8, 4) is 0 Å². The quantitative estimate of drug-likeness (QED) is 0.776. The highest BCUT2D eigenvalue weighted by atomic mass is 16.6. The molecule has 0 aromatic carbocycles. The third-order valence-corrected chi connectivity index (χ3v) is 2.56. The Kier molecular flexibility index (Phi) is 4.90. The zero-order valence-corrected chi connectivity index (χ0v) is 11.2. The van der Waals surface area contributed by atoms with Gasteiger partial charge in [0.1, 0.15) is 5.60 Å². The van der Waals surface area contributed by atoms with Crippen LogP contribution in [-0.2, 0) is 14.3 Å². The molecule has 18 heavy (non-hydrogen) atoms. The van der Waals surface area contributed by atoms with E-state index in [2.05, 4.69) is 11.9 Å². The Labute approximate surface area is 108 Å². The molecule has 0 aromatic rings. The van der Waals surface area contributed by atoms with Gasteiger partial charge in [-0.15, -0.1) is 0 Å². The molecule has 0 aromatic heterocycles. The van der Waals surface area contributed by atoms with Gasteiger partial charge in [-0.3, -0.25) is 4.79 Å². The van der Waals surface area contributed by atoms with E-state index in [1.54, 1.807) is 20.8 Å². The molecule has 1 aliphatic rings. The lowest BCUT2D eigenvalue weighted by molar-refractivity contribution is -0.118. The molecule has 5 heteroatoms. The van der Waals surface area contributed by atoms with Gasteiger partial charge in [-0.05, 0) is 33.3 Å². The minimum Gasteiger partial charge on any atom is -0.444 e. The third kappa shape index (κ3) is 4.87. The van der Waals surface area contributed by atoms with E-state index in [0.29, 0.717) is 19.6 Å². The minimum atomic E-state index is -0.512. The lowest BCUT2D eigenvalue weighted by Crippen LogP contribution is -2.36. The van der Waals surface area contributed by atoms with Gasteiger partial charge < -0.3 is 14.8 Å². The van der Waals surface area contributed by atoms with Crippen molar-refractivity contribution in [2.45, 2.75) is 38.9 Å². The van der Waals surface area contributed by atoms with Gasteiger partial charge >= 0.3 is 6.09 Å². The van der Waals surface area contributed by atoms with Crippen LogP contribution in [0.25, 0.3) is 0 Å². The summed E-state index contributed by atoms with van der Waals surface area (Å²) >= 11 is 0. The van der Waals surface area contributed by atoms with Crippen molar-refractivity contribution >= 4 is 11.9 Å². The average molecular weight is 255 g/mol. The SMILES string of the molecule is C=CC(=O)[C@@H]1CO[C@H](CNC(=O)OC(C)(C)C)C1. The maximum absolute atomic E-state index is 11.4. The van der Waals surface area contributed by atoms with Gasteiger partial charge in [0, 0.05) is 12.5 Å². The van der Waals surface area contributed by atoms with Crippen molar-refractivity contribution in [3.63, 3.8) is 0 Å². The topological polar surface area (TPSA) is 64.6 Å². The zero-order chi connectivity index (χ0) is 13.8. The lowest BCUT2D eigenvalue weighted by Gasteiger charge is -2.20. The molecule has 1 N–H and O–H groups in total. The number of carbonyl (C=O) groups is 2. The maximum Gasteiger partial charge on any atom is 0.407 e. The van der Waals surface area contributed by atoms with Crippen molar-refractivity contribution in [1.82, 2.24) is 5.32 Å². The maximum atomic E-state index is 11.4. The molecule has 0 radical (unpaired) electrons. The van der Waals surface area contributed by atoms with Gasteiger partial charge in [0.2, 0.25) is 0 Å². The summed E-state index contributed by atoms with van der Waals surface area (Å²) in [6.07, 6.45) is 1.33. The molecule has 102 valence electrons. The number of nitrogens with one attached hydrogen (secondary N) is 1. The third-order valence-electron chi connectivity index (χ3n) is 2.56. The first-order valence-electron chi connectivity index (χ1n) is 6.06. The van der Waals surface area contributed by atoms with Crippen LogP contribution in [-0.4, -0.2) is 36.7 Å². The van der Waals surface area contributed by atoms with Crippen LogP contribution < -0.4 is 5.32 Å². The highest BCUT2D eigenvalue weighted by Crippen LogP contribution is 2.20. The number of carbonyl (C=O) groups excluding carboxylic acids is 2. The Morgan fingerprint density at radius 2 is 2.17 bits per heavy atom. The molecular weight excluding hydrogens is 234 g/mol. The second-order valence-corrected chi connectivity index (χ2v) is 5.38. The summed E-state index contributed by atoms with van der Waals surface area (Å²) in [5, 5.41) is 2.64. The van der Waals surface area contributed by atoms with Crippen LogP contribution in [0.4, 0.5) is 4.79 Å². The van der Waals surface area contributed by atoms with Gasteiger partial charge in [-0.25, -0.2) is 4.79 Å². The normalized spacial score (nSPS) is 23.5. The van der Waals surface area contributed by atoms with Crippen LogP contribution in [0.5, 0.6) is 0 Å². The van der Waals surface area contributed by atoms with Gasteiger partial charge in [0.25, 0.3) is 0 Å². The number of allylic oxidation sites excluding steroid dienone is 1. The number of hydrogen-bond donors (Lipinski definition) is 1. The van der Waals surface area contributed by atoms with Gasteiger partial charge in [0.15, 0.2) is 5.78 Å². The van der Waals surface area contributed by atoms with Crippen molar-refractivity contribution in [2.75, 3.05) is 13.2 Å². The molecule has 1 heterocycles. The number of ketones is 1. The second kappa shape index (κ2) is 6.00. The predicted octanol–water partition coefficient (Wildman–Crippen LogP) is 1.67. The Morgan fingerprint density at radius 3 is 2.72 bits per heavy atom. The summed E-state index contributed by atoms with van der Waals surface area (Å²) in [6.45, 7) is 9.61. The summed E-state index contributed by atoms with van der Waals surface area (Å²) in [6, 6.07) is 0. The van der Waals surface area contributed by atoms with Crippen LogP contribution in [0, 0.1) is 5.92 Å². The minimum absolute atomic E-state index is 0.00484. The molecule has 2 atom stereocenters. The summed E-state index contributed by atoms with van der Waals surface area (Å²) in [5.41, 5.74) is -0.512. The number of ether oxygens (including phenoxy) is 2. The van der Waals surface area contributed by atoms with E-state index in [0.717, 1.165) is 0 Å². The fourth-order valence-corrected chi connectivity index (χ4v) is 1.72. The molecular formula is C13H21NO4. The highest BCUT2D eigenvalue weighted by molar-refractivity contribution is 5.91. The zero-order valence-electron chi connectivity index (χ0n) is 11.2. The molecule has 1 aliphatic heterocycles. The Balaban J connectivity index is 2.28. The first-order valence-corrected chi connectivity index (χ1v) is 6.06. The Bertz CT molecular complexity index is 332. The van der Waals surface area contributed by atoms with E-state index in [1.807, 2.05) is 0 Å². The van der Waals surface area contributed by atoms with E-state index in [-0.39, 0.29) is 17.8 Å². The molecule has 0 spiro atoms. The van der Waals surface area contributed by atoms with Crippen LogP contribution in [0.3, 0.4) is 0 Å². The first kappa shape index (κ1) is 14.7. The number of amides is 1. The summed E-state index contributed by atoms with van der Waals surface area (Å²) in [5.74, 6) is -0.136. The summed E-state index contributed by atoms with van der Waals surface area (Å²) in [4.78, 5) is 22.8. The summed E-state index contributed by atoms with van der Waals surface area (Å²) in [7, 11) is 0. The van der Waals surface area contributed by atoms with Gasteiger partial charge in [0.05, 0.1) is 12.7 Å². The second-order valence-electron chi connectivity index (χ2n) is 5.38. The fraction of sp³-hybridized carbons (Fsp3) is 0.692. The molecule has 1 amide bonds. The lowest BCUT2D eigenvalue weighted by atomic mass is 10.0. The molecule has 1 rings (SSSR count). The van der Waals surface area contributed by atoms with E-state index in [9.17, 15) is 9.59 Å². The van der Waals surface area contributed by atoms with E-state index in [1.165, 1.54) is 6.08 Å². The average Bonchev–Trinajstić information content (AvgIpc) is 2.71. The van der Waals surface area contributed by atoms with E-state index >= 15 is 0 Å². The van der Waals surface area contributed by atoms with Crippen molar-refractivity contribution in [2.24, 2.45) is 5.92 Å². The van der Waals surface area contributed by atoms with Gasteiger partial charge in [-0.2, -0.15) is 0 Å². The molecule has 1 saturated heterocycles. The molecule has 5 nitrogen and oxygen atoms in total. The molecule has 1 fully saturated rings. The van der Waals surface area contributed by atoms with Crippen LogP contribution in [0.15, 0.2) is 12.7 Å². The smallest absolute Gasteiger partial charge is 0.407 e. The molecule has 0 aliphatic carbocycles. The molecule has 0 saturated carbocycles. The van der Waals surface area contributed by atoms with Crippen molar-refractivity contribution < 1.29 is 19.1 Å². The monoisotopic (exact) mass is 255 g/mol. The van der Waals surface area contributed by atoms with Crippen molar-refractivity contribution in [1.29, 1.82) is 0 Å². The molecule has 0 bridgehead atoms. The highest BCUT2D eigenvalue weighted by Gasteiger charge is 2.29. The van der Waals surface area contributed by atoms with E-state index in [4.69, 9.17) is 9.47 Å². The van der Waals surface area contributed by atoms with Crippen LogP contribution in [0.2, 0.25) is 0 Å². The largest absolute Gasteiger partial charge is 0.444 e. The standard InChI is InChI=1S/C13H21NO4/c1-5-11(15)9-6-10(17-8-9)7-14-12(16)18-13(2,3)4/h5,9-10H,1,6-8H2,2-4H3,(H,14,16)/t9-,10-/m0/s1. The predicted molar refractivity (Wildman–Crippen MR) is 67.3 cm³/mol. The number of hydrogen-bond acceptors (Lipinski definition) is 4. The van der Waals surface area contributed by atoms with E-state index < -0.39 is 11.7 Å². The fourth-order valence-electron chi connectivity index (χ4n) is 1.72. The first-order chi connectivity index (χ1) is 8.31. The van der Waals surface area contributed by atoms with Gasteiger partial charge in [-0.1, -0.05) is 6.58 Å². The Hall–Kier alpha value is -1.36. The Morgan fingerprint density at radius 1 is 1.50 bits per heavy atom. The van der Waals surface area contributed by atoms with Crippen molar-refractivity contribution in [3.05, 3.63) is 12.7 Å². The number of alkyl carbamates (subject to hydrolysis) is 1. The molecule has 0 unspecified atom stereocenters. The number of rotatable bonds is 4.